The van der Waals surface area contributed by atoms with Crippen LogP contribution < -0.4 is 4.74 Å². The monoisotopic (exact) mass is 454 g/mol. The lowest BCUT2D eigenvalue weighted by Gasteiger charge is -2.40. The summed E-state index contributed by atoms with van der Waals surface area (Å²) in [4.78, 5) is 0. The van der Waals surface area contributed by atoms with Gasteiger partial charge in [-0.1, -0.05) is 35.9 Å². The Bertz CT molecular complexity index is 818. The molecule has 1 fully saturated rings. The van der Waals surface area contributed by atoms with Gasteiger partial charge in [-0.2, -0.15) is 0 Å². The van der Waals surface area contributed by atoms with Crippen molar-refractivity contribution in [3.8, 4) is 5.75 Å². The van der Waals surface area contributed by atoms with E-state index in [9.17, 15) is 15.3 Å². The predicted molar refractivity (Wildman–Crippen MR) is 117 cm³/mol. The summed E-state index contributed by atoms with van der Waals surface area (Å²) in [5.41, 5.74) is 1.81. The van der Waals surface area contributed by atoms with E-state index < -0.39 is 29.9 Å². The van der Waals surface area contributed by atoms with E-state index in [2.05, 4.69) is 0 Å². The van der Waals surface area contributed by atoms with E-state index in [1.807, 2.05) is 37.3 Å². The Hall–Kier alpha value is -1.32. The zero-order valence-corrected chi connectivity index (χ0v) is 18.2. The highest BCUT2D eigenvalue weighted by Crippen LogP contribution is 2.37. The van der Waals surface area contributed by atoms with Gasteiger partial charge in [0.2, 0.25) is 0 Å². The van der Waals surface area contributed by atoms with Crippen molar-refractivity contribution in [3.05, 3.63) is 64.2 Å². The number of benzene rings is 2. The molecule has 0 amide bonds. The molecule has 0 aliphatic carbocycles. The maximum atomic E-state index is 10.5. The lowest BCUT2D eigenvalue weighted by Crippen LogP contribution is -2.53. The van der Waals surface area contributed by atoms with Gasteiger partial charge in [0.25, 0.3) is 0 Å². The van der Waals surface area contributed by atoms with Crippen molar-refractivity contribution in [2.45, 2.75) is 43.2 Å². The van der Waals surface area contributed by atoms with E-state index in [4.69, 9.17) is 26.2 Å². The molecular weight excluding hydrogens is 428 g/mol. The summed E-state index contributed by atoms with van der Waals surface area (Å²) in [6.07, 6.45) is -4.13. The highest BCUT2D eigenvalue weighted by molar-refractivity contribution is 7.99. The second kappa shape index (κ2) is 10.8. The minimum atomic E-state index is -1.36. The maximum Gasteiger partial charge on any atom is 0.132 e. The fourth-order valence-corrected chi connectivity index (χ4v) is 4.51. The highest BCUT2D eigenvalue weighted by atomic mass is 35.5. The largest absolute Gasteiger partial charge is 0.494 e. The van der Waals surface area contributed by atoms with Crippen molar-refractivity contribution in [3.63, 3.8) is 0 Å². The van der Waals surface area contributed by atoms with Crippen LogP contribution in [0.4, 0.5) is 0 Å². The first-order valence-corrected chi connectivity index (χ1v) is 11.3. The number of hydrogen-bond acceptors (Lipinski definition) is 7. The van der Waals surface area contributed by atoms with E-state index in [0.29, 0.717) is 29.4 Å². The third-order valence-electron chi connectivity index (χ3n) is 4.97. The fraction of sp³-hybridized carbons (Fsp3) is 0.455. The molecule has 0 aromatic heterocycles. The summed E-state index contributed by atoms with van der Waals surface area (Å²) < 4.78 is 11.4. The third-order valence-corrected chi connectivity index (χ3v) is 6.48. The van der Waals surface area contributed by atoms with Gasteiger partial charge in [-0.05, 0) is 48.2 Å². The summed E-state index contributed by atoms with van der Waals surface area (Å²) in [5.74, 6) is 1.15. The molecule has 8 heteroatoms. The number of hydrogen-bond donors (Lipinski definition) is 4. The Balaban J connectivity index is 1.80. The molecule has 0 bridgehead atoms. The van der Waals surface area contributed by atoms with Crippen molar-refractivity contribution >= 4 is 23.4 Å². The molecule has 2 aromatic rings. The first kappa shape index (κ1) is 23.3. The molecule has 0 radical (unpaired) electrons. The van der Waals surface area contributed by atoms with Gasteiger partial charge < -0.3 is 29.9 Å². The van der Waals surface area contributed by atoms with Crippen molar-refractivity contribution < 1.29 is 29.9 Å². The van der Waals surface area contributed by atoms with Crippen molar-refractivity contribution in [1.82, 2.24) is 0 Å². The molecule has 1 aliphatic heterocycles. The summed E-state index contributed by atoms with van der Waals surface area (Å²) in [5, 5.41) is 40.6. The molecule has 0 saturated carbocycles. The molecule has 3 rings (SSSR count). The Morgan fingerprint density at radius 1 is 1.03 bits per heavy atom. The number of aliphatic hydroxyl groups is 4. The average molecular weight is 455 g/mol. The van der Waals surface area contributed by atoms with Crippen LogP contribution in [0.3, 0.4) is 0 Å². The standard InChI is InChI=1S/C22H27ClO6S/c1-2-28-16-6-3-13(4-7-16)11-15-12-14(5-8-17(15)23)21-19(26)18(25)20(27)22(29-21)30-10-9-24/h3-8,12,18-22,24-27H,2,9-11H2,1H3/t18-,19-,20+,21+,22-/m1/s1. The Labute approximate surface area is 185 Å². The molecule has 164 valence electrons. The van der Waals surface area contributed by atoms with Crippen LogP contribution in [0.2, 0.25) is 5.02 Å². The van der Waals surface area contributed by atoms with Gasteiger partial charge >= 0.3 is 0 Å². The van der Waals surface area contributed by atoms with Crippen LogP contribution in [-0.4, -0.2) is 63.1 Å². The summed E-state index contributed by atoms with van der Waals surface area (Å²) in [6, 6.07) is 13.1. The van der Waals surface area contributed by atoms with Crippen molar-refractivity contribution in [2.24, 2.45) is 0 Å². The fourth-order valence-electron chi connectivity index (χ4n) is 3.43. The number of halogens is 1. The minimum Gasteiger partial charge on any atom is -0.494 e. The molecule has 6 nitrogen and oxygen atoms in total. The average Bonchev–Trinajstić information content (AvgIpc) is 2.75. The van der Waals surface area contributed by atoms with Crippen LogP contribution in [-0.2, 0) is 11.2 Å². The minimum absolute atomic E-state index is 0.0757. The lowest BCUT2D eigenvalue weighted by atomic mass is 9.92. The van der Waals surface area contributed by atoms with Gasteiger partial charge in [-0.25, -0.2) is 0 Å². The van der Waals surface area contributed by atoms with Crippen LogP contribution in [0.1, 0.15) is 29.7 Å². The second-order valence-electron chi connectivity index (χ2n) is 7.10. The van der Waals surface area contributed by atoms with Crippen LogP contribution in [0.5, 0.6) is 5.75 Å². The van der Waals surface area contributed by atoms with E-state index in [-0.39, 0.29) is 6.61 Å². The lowest BCUT2D eigenvalue weighted by molar-refractivity contribution is -0.200. The van der Waals surface area contributed by atoms with Gasteiger partial charge in [0, 0.05) is 10.8 Å². The Morgan fingerprint density at radius 3 is 2.43 bits per heavy atom. The molecule has 30 heavy (non-hydrogen) atoms. The quantitative estimate of drug-likeness (QED) is 0.486. The zero-order valence-electron chi connectivity index (χ0n) is 16.6. The molecule has 0 unspecified atom stereocenters. The van der Waals surface area contributed by atoms with Gasteiger partial charge in [-0.3, -0.25) is 0 Å². The third kappa shape index (κ3) is 5.48. The normalized spacial score (nSPS) is 26.5. The zero-order chi connectivity index (χ0) is 21.7. The van der Waals surface area contributed by atoms with Crippen molar-refractivity contribution in [2.75, 3.05) is 19.0 Å². The molecular formula is C22H27ClO6S. The first-order valence-electron chi connectivity index (χ1n) is 9.86. The summed E-state index contributed by atoms with van der Waals surface area (Å²) in [6.45, 7) is 2.46. The molecule has 5 atom stereocenters. The van der Waals surface area contributed by atoms with Gasteiger partial charge in [0.1, 0.15) is 35.6 Å². The van der Waals surface area contributed by atoms with Gasteiger partial charge in [0.05, 0.1) is 13.2 Å². The number of thioether (sulfide) groups is 1. The number of aliphatic hydroxyl groups excluding tert-OH is 4. The highest BCUT2D eigenvalue weighted by Gasteiger charge is 2.44. The molecule has 1 aliphatic rings. The molecule has 0 spiro atoms. The topological polar surface area (TPSA) is 99.4 Å². The van der Waals surface area contributed by atoms with E-state index in [1.165, 1.54) is 11.8 Å². The van der Waals surface area contributed by atoms with E-state index in [1.54, 1.807) is 12.1 Å². The van der Waals surface area contributed by atoms with Crippen LogP contribution >= 0.6 is 23.4 Å². The first-order chi connectivity index (χ1) is 14.4. The Morgan fingerprint density at radius 2 is 1.77 bits per heavy atom. The van der Waals surface area contributed by atoms with Crippen LogP contribution in [0.15, 0.2) is 42.5 Å². The van der Waals surface area contributed by atoms with E-state index in [0.717, 1.165) is 16.9 Å². The summed E-state index contributed by atoms with van der Waals surface area (Å²) in [7, 11) is 0. The van der Waals surface area contributed by atoms with Crippen molar-refractivity contribution in [1.29, 1.82) is 0 Å². The van der Waals surface area contributed by atoms with Crippen LogP contribution in [0.25, 0.3) is 0 Å². The summed E-state index contributed by atoms with van der Waals surface area (Å²) >= 11 is 7.60. The van der Waals surface area contributed by atoms with Gasteiger partial charge in [0.15, 0.2) is 0 Å². The SMILES string of the molecule is CCOc1ccc(Cc2cc([C@@H]3O[C@H](SCCO)[C@@H](O)[C@H](O)[C@H]3O)ccc2Cl)cc1. The molecule has 4 N–H and O–H groups in total. The van der Waals surface area contributed by atoms with Crippen LogP contribution in [0, 0.1) is 0 Å². The molecule has 2 aromatic carbocycles. The number of rotatable bonds is 8. The van der Waals surface area contributed by atoms with Gasteiger partial charge in [-0.15, -0.1) is 11.8 Å². The number of ether oxygens (including phenoxy) is 2. The maximum absolute atomic E-state index is 10.5. The second-order valence-corrected chi connectivity index (χ2v) is 8.71. The van der Waals surface area contributed by atoms with E-state index >= 15 is 0 Å². The Kier molecular flexibility index (Phi) is 8.42. The predicted octanol–water partition coefficient (Wildman–Crippen LogP) is 2.54. The smallest absolute Gasteiger partial charge is 0.132 e. The molecule has 1 saturated heterocycles. The molecule has 1 heterocycles.